The van der Waals surface area contributed by atoms with Gasteiger partial charge in [0.1, 0.15) is 11.6 Å². The number of benzene rings is 2. The molecule has 2 rings (SSSR count). The predicted molar refractivity (Wildman–Crippen MR) is 73.1 cm³/mol. The Balaban J connectivity index is 2.26. The molecule has 0 aliphatic carbocycles. The molecule has 0 fully saturated rings. The summed E-state index contributed by atoms with van der Waals surface area (Å²) >= 11 is 5.72. The van der Waals surface area contributed by atoms with Gasteiger partial charge in [0.05, 0.1) is 18.2 Å². The Kier molecular flexibility index (Phi) is 4.40. The smallest absolute Gasteiger partial charge is 0.145 e. The minimum absolute atomic E-state index is 0.0599. The molecule has 2 aromatic rings. The Labute approximate surface area is 116 Å². The zero-order valence-corrected chi connectivity index (χ0v) is 11.2. The van der Waals surface area contributed by atoms with E-state index >= 15 is 0 Å². The third kappa shape index (κ3) is 3.06. The van der Waals surface area contributed by atoms with Crippen LogP contribution in [0.4, 0.5) is 4.39 Å². The van der Waals surface area contributed by atoms with Crippen LogP contribution in [0.15, 0.2) is 42.5 Å². The lowest BCUT2D eigenvalue weighted by Crippen LogP contribution is -2.05. The van der Waals surface area contributed by atoms with Gasteiger partial charge in [-0.15, -0.1) is 0 Å². The average molecular weight is 281 g/mol. The lowest BCUT2D eigenvalue weighted by atomic mass is 10.0. The summed E-state index contributed by atoms with van der Waals surface area (Å²) < 4.78 is 19.0. The van der Waals surface area contributed by atoms with E-state index in [2.05, 4.69) is 0 Å². The van der Waals surface area contributed by atoms with E-state index < -0.39 is 11.9 Å². The van der Waals surface area contributed by atoms with Crippen molar-refractivity contribution in [1.29, 1.82) is 0 Å². The molecule has 100 valence electrons. The van der Waals surface area contributed by atoms with Gasteiger partial charge in [-0.2, -0.15) is 0 Å². The van der Waals surface area contributed by atoms with Crippen LogP contribution in [0, 0.1) is 5.82 Å². The van der Waals surface area contributed by atoms with Crippen molar-refractivity contribution >= 4 is 11.6 Å². The van der Waals surface area contributed by atoms with Gasteiger partial charge in [-0.25, -0.2) is 4.39 Å². The van der Waals surface area contributed by atoms with Crippen molar-refractivity contribution < 1.29 is 14.2 Å². The average Bonchev–Trinajstić information content (AvgIpc) is 2.43. The minimum Gasteiger partial charge on any atom is -0.496 e. The summed E-state index contributed by atoms with van der Waals surface area (Å²) in [4.78, 5) is 0. The summed E-state index contributed by atoms with van der Waals surface area (Å²) in [7, 11) is 1.53. The molecule has 0 aromatic heterocycles. The van der Waals surface area contributed by atoms with Crippen molar-refractivity contribution in [2.75, 3.05) is 7.11 Å². The van der Waals surface area contributed by atoms with Crippen LogP contribution in [-0.4, -0.2) is 12.2 Å². The van der Waals surface area contributed by atoms with E-state index in [1.165, 1.54) is 13.2 Å². The van der Waals surface area contributed by atoms with Crippen molar-refractivity contribution in [3.05, 3.63) is 64.4 Å². The Bertz CT molecular complexity index is 572. The van der Waals surface area contributed by atoms with Crippen LogP contribution in [-0.2, 0) is 6.42 Å². The quantitative estimate of drug-likeness (QED) is 0.924. The first-order valence-electron chi connectivity index (χ1n) is 5.87. The topological polar surface area (TPSA) is 29.5 Å². The van der Waals surface area contributed by atoms with E-state index in [0.29, 0.717) is 16.9 Å². The van der Waals surface area contributed by atoms with Gasteiger partial charge >= 0.3 is 0 Å². The fourth-order valence-electron chi connectivity index (χ4n) is 1.97. The Hall–Kier alpha value is -1.58. The molecule has 0 saturated carbocycles. The number of halogens is 2. The van der Waals surface area contributed by atoms with Crippen molar-refractivity contribution in [2.45, 2.75) is 12.5 Å². The van der Waals surface area contributed by atoms with Crippen LogP contribution >= 0.6 is 11.6 Å². The van der Waals surface area contributed by atoms with Crippen molar-refractivity contribution in [2.24, 2.45) is 0 Å². The van der Waals surface area contributed by atoms with Crippen LogP contribution in [0.25, 0.3) is 0 Å². The lowest BCUT2D eigenvalue weighted by Gasteiger charge is -2.15. The summed E-state index contributed by atoms with van der Waals surface area (Å²) in [5.41, 5.74) is 1.01. The molecule has 1 unspecified atom stereocenters. The molecule has 2 nitrogen and oxygen atoms in total. The second-order valence-corrected chi connectivity index (χ2v) is 4.58. The van der Waals surface area contributed by atoms with Crippen LogP contribution in [0.3, 0.4) is 0 Å². The molecule has 19 heavy (non-hydrogen) atoms. The van der Waals surface area contributed by atoms with E-state index in [-0.39, 0.29) is 11.4 Å². The first-order valence-corrected chi connectivity index (χ1v) is 6.25. The number of hydrogen-bond acceptors (Lipinski definition) is 2. The van der Waals surface area contributed by atoms with Gasteiger partial charge < -0.3 is 9.84 Å². The van der Waals surface area contributed by atoms with E-state index in [0.717, 1.165) is 0 Å². The largest absolute Gasteiger partial charge is 0.496 e. The molecule has 0 amide bonds. The Morgan fingerprint density at radius 2 is 1.95 bits per heavy atom. The number of aliphatic hydroxyl groups is 1. The van der Waals surface area contributed by atoms with Gasteiger partial charge in [-0.3, -0.25) is 0 Å². The fourth-order valence-corrected chi connectivity index (χ4v) is 2.16. The Morgan fingerprint density at radius 3 is 2.68 bits per heavy atom. The van der Waals surface area contributed by atoms with Crippen LogP contribution in [0.5, 0.6) is 5.75 Å². The van der Waals surface area contributed by atoms with Gasteiger partial charge in [0.15, 0.2) is 0 Å². The second-order valence-electron chi connectivity index (χ2n) is 4.17. The third-order valence-corrected chi connectivity index (χ3v) is 3.23. The molecule has 0 heterocycles. The molecule has 0 spiro atoms. The van der Waals surface area contributed by atoms with Crippen molar-refractivity contribution in [3.8, 4) is 5.75 Å². The second kappa shape index (κ2) is 6.04. The summed E-state index contributed by atoms with van der Waals surface area (Å²) in [6.07, 6.45) is -0.698. The maximum absolute atomic E-state index is 13.8. The molecule has 2 aromatic carbocycles. The molecular formula is C15H14ClFO2. The number of para-hydroxylation sites is 1. The predicted octanol–water partition coefficient (Wildman–Crippen LogP) is 3.76. The minimum atomic E-state index is -0.843. The number of rotatable bonds is 4. The monoisotopic (exact) mass is 280 g/mol. The molecule has 0 bridgehead atoms. The normalized spacial score (nSPS) is 12.2. The first kappa shape index (κ1) is 13.8. The van der Waals surface area contributed by atoms with Crippen molar-refractivity contribution in [1.82, 2.24) is 0 Å². The number of hydrogen-bond donors (Lipinski definition) is 1. The SMILES string of the molecule is COc1ccccc1C(O)Cc1cccc(Cl)c1F. The van der Waals surface area contributed by atoms with Gasteiger partial charge in [0, 0.05) is 12.0 Å². The first-order chi connectivity index (χ1) is 9.13. The van der Waals surface area contributed by atoms with E-state index in [4.69, 9.17) is 16.3 Å². The number of ether oxygens (including phenoxy) is 1. The van der Waals surface area contributed by atoms with Gasteiger partial charge in [-0.1, -0.05) is 41.9 Å². The van der Waals surface area contributed by atoms with Crippen LogP contribution in [0.2, 0.25) is 5.02 Å². The highest BCUT2D eigenvalue weighted by Gasteiger charge is 2.16. The summed E-state index contributed by atoms with van der Waals surface area (Å²) in [6, 6.07) is 11.9. The molecule has 0 radical (unpaired) electrons. The molecule has 0 saturated heterocycles. The summed E-state index contributed by atoms with van der Waals surface area (Å²) in [5, 5.41) is 10.3. The van der Waals surface area contributed by atoms with Crippen molar-refractivity contribution in [3.63, 3.8) is 0 Å². The molecular weight excluding hydrogens is 267 g/mol. The standard InChI is InChI=1S/C15H14ClFO2/c1-19-14-8-3-2-6-11(14)13(18)9-10-5-4-7-12(16)15(10)17/h2-8,13,18H,9H2,1H3. The number of aliphatic hydroxyl groups excluding tert-OH is 1. The maximum Gasteiger partial charge on any atom is 0.145 e. The lowest BCUT2D eigenvalue weighted by molar-refractivity contribution is 0.172. The highest BCUT2D eigenvalue weighted by molar-refractivity contribution is 6.30. The van der Waals surface area contributed by atoms with E-state index in [9.17, 15) is 9.50 Å². The molecule has 4 heteroatoms. The fraction of sp³-hybridized carbons (Fsp3) is 0.200. The highest BCUT2D eigenvalue weighted by atomic mass is 35.5. The maximum atomic E-state index is 13.8. The zero-order chi connectivity index (χ0) is 13.8. The molecule has 1 atom stereocenters. The Morgan fingerprint density at radius 1 is 1.21 bits per heavy atom. The van der Waals surface area contributed by atoms with Gasteiger partial charge in [-0.05, 0) is 17.7 Å². The molecule has 0 aliphatic rings. The van der Waals surface area contributed by atoms with Gasteiger partial charge in [0.2, 0.25) is 0 Å². The molecule has 1 N–H and O–H groups in total. The van der Waals surface area contributed by atoms with E-state index in [1.54, 1.807) is 30.3 Å². The number of methoxy groups -OCH3 is 1. The van der Waals surface area contributed by atoms with E-state index in [1.807, 2.05) is 6.07 Å². The third-order valence-electron chi connectivity index (χ3n) is 2.94. The molecule has 0 aliphatic heterocycles. The zero-order valence-electron chi connectivity index (χ0n) is 10.4. The summed E-state index contributed by atoms with van der Waals surface area (Å²) in [5.74, 6) is 0.0931. The van der Waals surface area contributed by atoms with Gasteiger partial charge in [0.25, 0.3) is 0 Å². The summed E-state index contributed by atoms with van der Waals surface area (Å²) in [6.45, 7) is 0. The van der Waals surface area contributed by atoms with Crippen LogP contribution in [0.1, 0.15) is 17.2 Å². The highest BCUT2D eigenvalue weighted by Crippen LogP contribution is 2.29. The van der Waals surface area contributed by atoms with Crippen LogP contribution < -0.4 is 4.74 Å².